The number of fused-ring (bicyclic) bond motifs is 1. The van der Waals surface area contributed by atoms with Crippen LogP contribution in [0.25, 0.3) is 0 Å². The van der Waals surface area contributed by atoms with Gasteiger partial charge in [0.2, 0.25) is 0 Å². The second-order valence-electron chi connectivity index (χ2n) is 8.12. The molecule has 0 unspecified atom stereocenters. The van der Waals surface area contributed by atoms with Crippen LogP contribution in [-0.2, 0) is 14.8 Å². The number of ether oxygens (including phenoxy) is 4. The average molecular weight is 513 g/mol. The number of nitrogens with zero attached hydrogens (tertiary/aromatic N) is 1. The van der Waals surface area contributed by atoms with Crippen molar-refractivity contribution < 1.29 is 32.2 Å². The van der Waals surface area contributed by atoms with Crippen molar-refractivity contribution in [2.24, 2.45) is 0 Å². The average Bonchev–Trinajstić information content (AvgIpc) is 2.91. The van der Waals surface area contributed by atoms with Crippen LogP contribution in [0.15, 0.2) is 71.6 Å². The molecule has 190 valence electrons. The maximum Gasteiger partial charge on any atom is 0.264 e. The number of amides is 1. The lowest BCUT2D eigenvalue weighted by molar-refractivity contribution is -0.128. The van der Waals surface area contributed by atoms with E-state index in [1.807, 2.05) is 0 Å². The van der Waals surface area contributed by atoms with Crippen LogP contribution < -0.4 is 28.6 Å². The summed E-state index contributed by atoms with van der Waals surface area (Å²) in [6, 6.07) is 17.7. The molecule has 9 nitrogen and oxygen atoms in total. The van der Waals surface area contributed by atoms with Gasteiger partial charge >= 0.3 is 0 Å². The summed E-state index contributed by atoms with van der Waals surface area (Å²) in [6.07, 6.45) is -1.08. The SMILES string of the molecule is COc1ccc(S(=O)(=O)N2C[C@H](C(=O)N[C@H](C)c3cc(OC)ccc3OC)Oc3ccccc32)cc1. The molecule has 0 radical (unpaired) electrons. The van der Waals surface area contributed by atoms with Gasteiger partial charge in [0.25, 0.3) is 15.9 Å². The van der Waals surface area contributed by atoms with E-state index >= 15 is 0 Å². The predicted molar refractivity (Wildman–Crippen MR) is 134 cm³/mol. The van der Waals surface area contributed by atoms with Crippen LogP contribution in [0.5, 0.6) is 23.0 Å². The Morgan fingerprint density at radius 3 is 2.31 bits per heavy atom. The second kappa shape index (κ2) is 10.4. The summed E-state index contributed by atoms with van der Waals surface area (Å²) in [7, 11) is 0.621. The van der Waals surface area contributed by atoms with Crippen molar-refractivity contribution in [1.29, 1.82) is 0 Å². The lowest BCUT2D eigenvalue weighted by Crippen LogP contribution is -2.51. The van der Waals surface area contributed by atoms with Crippen LogP contribution in [0.2, 0.25) is 0 Å². The van der Waals surface area contributed by atoms with Gasteiger partial charge in [-0.25, -0.2) is 8.42 Å². The molecule has 0 fully saturated rings. The fourth-order valence-corrected chi connectivity index (χ4v) is 5.48. The number of hydrogen-bond acceptors (Lipinski definition) is 7. The molecule has 1 amide bonds. The highest BCUT2D eigenvalue weighted by molar-refractivity contribution is 7.92. The number of carbonyl (C=O) groups excluding carboxylic acids is 1. The van der Waals surface area contributed by atoms with Crippen LogP contribution in [0.4, 0.5) is 5.69 Å². The van der Waals surface area contributed by atoms with Gasteiger partial charge in [0.05, 0.1) is 44.5 Å². The molecule has 0 spiro atoms. The zero-order valence-electron chi connectivity index (χ0n) is 20.4. The van der Waals surface area contributed by atoms with Crippen molar-refractivity contribution in [3.8, 4) is 23.0 Å². The summed E-state index contributed by atoms with van der Waals surface area (Å²) in [5.74, 6) is 1.58. The Morgan fingerprint density at radius 1 is 0.972 bits per heavy atom. The summed E-state index contributed by atoms with van der Waals surface area (Å²) < 4.78 is 50.2. The maximum atomic E-state index is 13.6. The number of para-hydroxylation sites is 2. The highest BCUT2D eigenvalue weighted by Gasteiger charge is 2.38. The van der Waals surface area contributed by atoms with E-state index in [2.05, 4.69) is 5.32 Å². The zero-order chi connectivity index (χ0) is 25.9. The Hall–Kier alpha value is -3.92. The van der Waals surface area contributed by atoms with Gasteiger partial charge in [0.15, 0.2) is 6.10 Å². The van der Waals surface area contributed by atoms with Gasteiger partial charge in [-0.2, -0.15) is 0 Å². The fourth-order valence-electron chi connectivity index (χ4n) is 4.00. The highest BCUT2D eigenvalue weighted by atomic mass is 32.2. The van der Waals surface area contributed by atoms with Crippen molar-refractivity contribution in [2.45, 2.75) is 24.0 Å². The molecule has 3 aromatic rings. The third kappa shape index (κ3) is 4.90. The van der Waals surface area contributed by atoms with Gasteiger partial charge in [0.1, 0.15) is 23.0 Å². The molecular formula is C26H28N2O7S. The quantitative estimate of drug-likeness (QED) is 0.492. The Balaban J connectivity index is 1.61. The topological polar surface area (TPSA) is 103 Å². The van der Waals surface area contributed by atoms with E-state index in [0.717, 1.165) is 0 Å². The minimum atomic E-state index is -3.99. The number of hydrogen-bond donors (Lipinski definition) is 1. The molecule has 3 aromatic carbocycles. The second-order valence-corrected chi connectivity index (χ2v) is 9.99. The van der Waals surface area contributed by atoms with Crippen molar-refractivity contribution in [3.05, 3.63) is 72.3 Å². The summed E-state index contributed by atoms with van der Waals surface area (Å²) in [5.41, 5.74) is 1.07. The zero-order valence-corrected chi connectivity index (χ0v) is 21.2. The predicted octanol–water partition coefficient (Wildman–Crippen LogP) is 3.55. The minimum Gasteiger partial charge on any atom is -0.497 e. The van der Waals surface area contributed by atoms with Crippen LogP contribution in [0.1, 0.15) is 18.5 Å². The number of rotatable bonds is 8. The molecule has 2 atom stereocenters. The van der Waals surface area contributed by atoms with Crippen molar-refractivity contribution in [3.63, 3.8) is 0 Å². The minimum absolute atomic E-state index is 0.0775. The summed E-state index contributed by atoms with van der Waals surface area (Å²) in [4.78, 5) is 13.4. The first kappa shape index (κ1) is 25.2. The van der Waals surface area contributed by atoms with Crippen LogP contribution in [0.3, 0.4) is 0 Å². The first-order valence-corrected chi connectivity index (χ1v) is 12.7. The highest BCUT2D eigenvalue weighted by Crippen LogP contribution is 2.37. The monoisotopic (exact) mass is 512 g/mol. The van der Waals surface area contributed by atoms with Crippen molar-refractivity contribution >= 4 is 21.6 Å². The maximum absolute atomic E-state index is 13.6. The van der Waals surface area contributed by atoms with Crippen molar-refractivity contribution in [2.75, 3.05) is 32.2 Å². The van der Waals surface area contributed by atoms with E-state index in [9.17, 15) is 13.2 Å². The lowest BCUT2D eigenvalue weighted by atomic mass is 10.1. The number of carbonyl (C=O) groups is 1. The van der Waals surface area contributed by atoms with E-state index in [4.69, 9.17) is 18.9 Å². The molecule has 0 saturated carbocycles. The molecule has 1 N–H and O–H groups in total. The van der Waals surface area contributed by atoms with Crippen LogP contribution in [-0.4, -0.2) is 48.3 Å². The lowest BCUT2D eigenvalue weighted by Gasteiger charge is -2.35. The van der Waals surface area contributed by atoms with Gasteiger partial charge in [-0.05, 0) is 61.5 Å². The van der Waals surface area contributed by atoms with E-state index in [0.29, 0.717) is 34.2 Å². The largest absolute Gasteiger partial charge is 0.497 e. The molecule has 0 saturated heterocycles. The number of anilines is 1. The van der Waals surface area contributed by atoms with Gasteiger partial charge in [-0.1, -0.05) is 12.1 Å². The standard InChI is InChI=1S/C26H28N2O7S/c1-17(21-15-19(33-3)11-14-23(21)34-4)27-26(29)25-16-28(22-7-5-6-8-24(22)35-25)36(30,31)20-12-9-18(32-2)10-13-20/h5-15,17,25H,16H2,1-4H3,(H,27,29)/t17-,25-/m1/s1. The Morgan fingerprint density at radius 2 is 1.64 bits per heavy atom. The molecule has 10 heteroatoms. The molecule has 36 heavy (non-hydrogen) atoms. The molecule has 0 aromatic heterocycles. The van der Waals surface area contributed by atoms with E-state index in [1.165, 1.54) is 23.5 Å². The Bertz CT molecular complexity index is 1340. The third-order valence-corrected chi connectivity index (χ3v) is 7.73. The van der Waals surface area contributed by atoms with E-state index in [-0.39, 0.29) is 11.4 Å². The molecule has 4 rings (SSSR count). The van der Waals surface area contributed by atoms with E-state index < -0.39 is 28.1 Å². The molecule has 1 aliphatic rings. The fraction of sp³-hybridized carbons (Fsp3) is 0.269. The van der Waals surface area contributed by atoms with Gasteiger partial charge in [-0.15, -0.1) is 0 Å². The Kier molecular flexibility index (Phi) is 7.25. The smallest absolute Gasteiger partial charge is 0.264 e. The van der Waals surface area contributed by atoms with Crippen LogP contribution in [0, 0.1) is 0 Å². The number of nitrogens with one attached hydrogen (secondary N) is 1. The number of benzene rings is 3. The number of methoxy groups -OCH3 is 3. The molecular weight excluding hydrogens is 484 g/mol. The molecule has 1 aliphatic heterocycles. The van der Waals surface area contributed by atoms with E-state index in [1.54, 1.807) is 75.7 Å². The van der Waals surface area contributed by atoms with Crippen LogP contribution >= 0.6 is 0 Å². The normalized spacial score (nSPS) is 15.8. The van der Waals surface area contributed by atoms with Gasteiger partial charge in [0, 0.05) is 5.56 Å². The van der Waals surface area contributed by atoms with Gasteiger partial charge < -0.3 is 24.3 Å². The summed E-state index contributed by atoms with van der Waals surface area (Å²) in [6.45, 7) is 1.61. The Labute approximate surface area is 210 Å². The first-order chi connectivity index (χ1) is 17.3. The first-order valence-electron chi connectivity index (χ1n) is 11.2. The molecule has 0 aliphatic carbocycles. The third-order valence-electron chi connectivity index (χ3n) is 5.94. The molecule has 0 bridgehead atoms. The number of sulfonamides is 1. The molecule has 1 heterocycles. The van der Waals surface area contributed by atoms with Crippen molar-refractivity contribution in [1.82, 2.24) is 5.32 Å². The van der Waals surface area contributed by atoms with Gasteiger partial charge in [-0.3, -0.25) is 9.10 Å². The summed E-state index contributed by atoms with van der Waals surface area (Å²) >= 11 is 0. The summed E-state index contributed by atoms with van der Waals surface area (Å²) in [5, 5.41) is 2.91.